The van der Waals surface area contributed by atoms with E-state index in [0.29, 0.717) is 10.7 Å². The molecule has 1 fully saturated rings. The molecule has 1 aliphatic rings. The van der Waals surface area contributed by atoms with Gasteiger partial charge in [-0.05, 0) is 13.0 Å². The molecule has 0 aromatic carbocycles. The predicted molar refractivity (Wildman–Crippen MR) is 43.5 cm³/mol. The molecule has 12 heavy (non-hydrogen) atoms. The molecule has 0 saturated carbocycles. The van der Waals surface area contributed by atoms with Gasteiger partial charge in [-0.3, -0.25) is 4.98 Å². The first-order valence-electron chi connectivity index (χ1n) is 3.45. The quantitative estimate of drug-likeness (QED) is 0.669. The van der Waals surface area contributed by atoms with Crippen LogP contribution in [0.2, 0.25) is 5.02 Å². The van der Waals surface area contributed by atoms with Crippen LogP contribution in [0.1, 0.15) is 5.69 Å². The van der Waals surface area contributed by atoms with Crippen LogP contribution >= 0.6 is 11.6 Å². The number of rotatable bonds is 1. The van der Waals surface area contributed by atoms with Gasteiger partial charge < -0.3 is 0 Å². The Labute approximate surface area is 74.6 Å². The normalized spacial score (nSPS) is 16.0. The fourth-order valence-corrected chi connectivity index (χ4v) is 1.17. The summed E-state index contributed by atoms with van der Waals surface area (Å²) in [6.45, 7) is 2.14. The summed E-state index contributed by atoms with van der Waals surface area (Å²) in [6, 6.07) is 1.75. The van der Waals surface area contributed by atoms with Gasteiger partial charge in [-0.2, -0.15) is 0 Å². The highest BCUT2D eigenvalue weighted by molar-refractivity contribution is 6.33. The van der Waals surface area contributed by atoms with Gasteiger partial charge in [0.15, 0.2) is 0 Å². The molecule has 4 nitrogen and oxygen atoms in total. The minimum absolute atomic E-state index is 0.268. The first-order chi connectivity index (χ1) is 5.77. The second-order valence-electron chi connectivity index (χ2n) is 2.41. The third-order valence-electron chi connectivity index (χ3n) is 1.51. The highest BCUT2D eigenvalue weighted by atomic mass is 35.5. The average molecular weight is 187 g/mol. The smallest absolute Gasteiger partial charge is 0.205 e. The molecule has 1 aromatic heterocycles. The minimum atomic E-state index is 0.268. The molecular formula is C7H7ClN2O2. The van der Waals surface area contributed by atoms with Gasteiger partial charge in [0.2, 0.25) is 6.79 Å². The van der Waals surface area contributed by atoms with E-state index in [0.717, 1.165) is 5.69 Å². The standard InChI is InChI=1S/C7H7ClN2O2/c1-5-2-6(8)7(3-9-5)10-11-4-12-10/h2-3H,4H2,1H3. The lowest BCUT2D eigenvalue weighted by Crippen LogP contribution is -2.36. The first-order valence-corrected chi connectivity index (χ1v) is 3.83. The molecule has 5 heteroatoms. The van der Waals surface area contributed by atoms with Crippen LogP contribution in [-0.2, 0) is 9.68 Å². The Bertz CT molecular complexity index is 301. The van der Waals surface area contributed by atoms with Crippen LogP contribution in [-0.4, -0.2) is 11.8 Å². The van der Waals surface area contributed by atoms with Gasteiger partial charge in [0.25, 0.3) is 0 Å². The lowest BCUT2D eigenvalue weighted by Gasteiger charge is -2.30. The number of pyridine rings is 1. The molecule has 0 bridgehead atoms. The second-order valence-corrected chi connectivity index (χ2v) is 2.82. The van der Waals surface area contributed by atoms with Crippen molar-refractivity contribution >= 4 is 17.3 Å². The molecule has 0 aliphatic carbocycles. The van der Waals surface area contributed by atoms with E-state index < -0.39 is 0 Å². The Morgan fingerprint density at radius 3 is 2.83 bits per heavy atom. The molecule has 0 atom stereocenters. The maximum Gasteiger partial charge on any atom is 0.205 e. The summed E-state index contributed by atoms with van der Waals surface area (Å²) in [5.41, 5.74) is 1.50. The molecule has 0 spiro atoms. The lowest BCUT2D eigenvalue weighted by molar-refractivity contribution is -0.277. The molecule has 1 aliphatic heterocycles. The highest BCUT2D eigenvalue weighted by Crippen LogP contribution is 2.28. The summed E-state index contributed by atoms with van der Waals surface area (Å²) in [7, 11) is 0. The predicted octanol–water partition coefficient (Wildman–Crippen LogP) is 1.68. The van der Waals surface area contributed by atoms with E-state index in [9.17, 15) is 0 Å². The van der Waals surface area contributed by atoms with Crippen LogP contribution in [0, 0.1) is 6.92 Å². The molecule has 1 aromatic rings. The number of nitrogens with zero attached hydrogens (tertiary/aromatic N) is 2. The van der Waals surface area contributed by atoms with Gasteiger partial charge >= 0.3 is 0 Å². The molecule has 2 heterocycles. The fourth-order valence-electron chi connectivity index (χ4n) is 0.898. The van der Waals surface area contributed by atoms with E-state index in [2.05, 4.69) is 4.98 Å². The second kappa shape index (κ2) is 2.90. The van der Waals surface area contributed by atoms with Crippen molar-refractivity contribution in [2.45, 2.75) is 6.92 Å². The Morgan fingerprint density at radius 1 is 1.58 bits per heavy atom. The lowest BCUT2D eigenvalue weighted by atomic mass is 10.3. The number of aromatic nitrogens is 1. The average Bonchev–Trinajstić information content (AvgIpc) is 1.91. The third kappa shape index (κ3) is 1.24. The SMILES string of the molecule is Cc1cc(Cl)c(N2OCO2)cn1. The van der Waals surface area contributed by atoms with Gasteiger partial charge in [0.05, 0.1) is 11.2 Å². The van der Waals surface area contributed by atoms with Crippen molar-refractivity contribution in [2.24, 2.45) is 0 Å². The number of anilines is 1. The monoisotopic (exact) mass is 186 g/mol. The zero-order valence-corrected chi connectivity index (χ0v) is 7.21. The number of halogens is 1. The summed E-state index contributed by atoms with van der Waals surface area (Å²) in [5, 5.41) is 1.82. The summed E-state index contributed by atoms with van der Waals surface area (Å²) in [6.07, 6.45) is 1.61. The molecule has 0 amide bonds. The molecule has 64 valence electrons. The van der Waals surface area contributed by atoms with E-state index in [1.807, 2.05) is 6.92 Å². The van der Waals surface area contributed by atoms with Crippen LogP contribution in [0.15, 0.2) is 12.3 Å². The molecule has 2 rings (SSSR count). The van der Waals surface area contributed by atoms with Crippen molar-refractivity contribution < 1.29 is 9.68 Å². The van der Waals surface area contributed by atoms with E-state index in [1.54, 1.807) is 12.3 Å². The van der Waals surface area contributed by atoms with Crippen LogP contribution in [0.3, 0.4) is 0 Å². The van der Waals surface area contributed by atoms with Crippen molar-refractivity contribution in [3.8, 4) is 0 Å². The fraction of sp³-hybridized carbons (Fsp3) is 0.286. The van der Waals surface area contributed by atoms with Gasteiger partial charge in [0, 0.05) is 5.69 Å². The van der Waals surface area contributed by atoms with Crippen molar-refractivity contribution in [1.82, 2.24) is 4.98 Å². The molecule has 1 saturated heterocycles. The maximum absolute atomic E-state index is 5.90. The largest absolute Gasteiger partial charge is 0.259 e. The highest BCUT2D eigenvalue weighted by Gasteiger charge is 2.20. The first kappa shape index (κ1) is 7.79. The molecule has 0 radical (unpaired) electrons. The maximum atomic E-state index is 5.90. The Hall–Kier alpha value is -0.840. The van der Waals surface area contributed by atoms with Crippen LogP contribution in [0.25, 0.3) is 0 Å². The van der Waals surface area contributed by atoms with E-state index in [-0.39, 0.29) is 6.79 Å². The van der Waals surface area contributed by atoms with Gasteiger partial charge in [0.1, 0.15) is 5.69 Å². The third-order valence-corrected chi connectivity index (χ3v) is 1.81. The molecule has 0 N–H and O–H groups in total. The number of aryl methyl sites for hydroxylation is 1. The minimum Gasteiger partial charge on any atom is -0.259 e. The Kier molecular flexibility index (Phi) is 1.88. The molecule has 0 unspecified atom stereocenters. The topological polar surface area (TPSA) is 34.6 Å². The summed E-state index contributed by atoms with van der Waals surface area (Å²) in [5.74, 6) is 0. The Balaban J connectivity index is 2.31. The van der Waals surface area contributed by atoms with Gasteiger partial charge in [-0.1, -0.05) is 11.6 Å². The summed E-state index contributed by atoms with van der Waals surface area (Å²) < 4.78 is 0. The van der Waals surface area contributed by atoms with Crippen molar-refractivity contribution in [2.75, 3.05) is 12.0 Å². The van der Waals surface area contributed by atoms with Crippen molar-refractivity contribution in [3.63, 3.8) is 0 Å². The number of hydrogen-bond acceptors (Lipinski definition) is 4. The van der Waals surface area contributed by atoms with Crippen LogP contribution < -0.4 is 5.23 Å². The Morgan fingerprint density at radius 2 is 2.33 bits per heavy atom. The van der Waals surface area contributed by atoms with Crippen molar-refractivity contribution in [1.29, 1.82) is 0 Å². The zero-order valence-electron chi connectivity index (χ0n) is 6.45. The zero-order chi connectivity index (χ0) is 8.55. The van der Waals surface area contributed by atoms with Crippen LogP contribution in [0.5, 0.6) is 0 Å². The summed E-state index contributed by atoms with van der Waals surface area (Å²) >= 11 is 5.90. The van der Waals surface area contributed by atoms with E-state index >= 15 is 0 Å². The van der Waals surface area contributed by atoms with E-state index in [1.165, 1.54) is 5.23 Å². The summed E-state index contributed by atoms with van der Waals surface area (Å²) in [4.78, 5) is 13.9. The number of hydrogen-bond donors (Lipinski definition) is 0. The van der Waals surface area contributed by atoms with Gasteiger partial charge in [-0.15, -0.1) is 5.23 Å². The van der Waals surface area contributed by atoms with Crippen molar-refractivity contribution in [3.05, 3.63) is 23.0 Å². The van der Waals surface area contributed by atoms with E-state index in [4.69, 9.17) is 21.3 Å². The van der Waals surface area contributed by atoms with Gasteiger partial charge in [-0.25, -0.2) is 9.68 Å². The van der Waals surface area contributed by atoms with Crippen LogP contribution in [0.4, 0.5) is 5.69 Å². The molecular weight excluding hydrogens is 180 g/mol.